The molecule has 814 valence electrons. The summed E-state index contributed by atoms with van der Waals surface area (Å²) in [4.78, 5) is 255. The summed E-state index contributed by atoms with van der Waals surface area (Å²) in [7, 11) is 0. The van der Waals surface area contributed by atoms with E-state index in [-0.39, 0.29) is 230 Å². The smallest absolute Gasteiger partial charge is 0.326 e. The number of fused-ring (bicyclic) bond motifs is 1. The molecule has 1 aliphatic rings. The first kappa shape index (κ1) is 123. The number of amides is 20. The lowest BCUT2D eigenvalue weighted by atomic mass is 10.00. The van der Waals surface area contributed by atoms with Crippen LogP contribution < -0.4 is 152 Å². The van der Waals surface area contributed by atoms with Crippen molar-refractivity contribution in [3.63, 3.8) is 0 Å². The summed E-state index contributed by atoms with van der Waals surface area (Å²) >= 11 is 8.67. The molecular formula is C92H143N33O21S2. The molecule has 0 aromatic heterocycles. The zero-order valence-corrected chi connectivity index (χ0v) is 84.0. The molecule has 4 aromatic carbocycles. The number of thiol groups is 2. The van der Waals surface area contributed by atoms with Crippen LogP contribution in [-0.2, 0) is 91.2 Å². The number of unbranched alkanes of at least 4 members (excludes halogenated alkanes) is 1. The summed E-state index contributed by atoms with van der Waals surface area (Å²) < 4.78 is 0. The van der Waals surface area contributed by atoms with Gasteiger partial charge in [0.15, 0.2) is 23.8 Å². The lowest BCUT2D eigenvalue weighted by molar-refractivity contribution is -0.142. The highest BCUT2D eigenvalue weighted by Gasteiger charge is 2.42. The van der Waals surface area contributed by atoms with Gasteiger partial charge in [-0.25, -0.2) is 19.2 Å². The predicted molar refractivity (Wildman–Crippen MR) is 552 cm³/mol. The van der Waals surface area contributed by atoms with Crippen LogP contribution in [-0.4, -0.2) is 306 Å². The fourth-order valence-electron chi connectivity index (χ4n) is 15.7. The summed E-state index contributed by atoms with van der Waals surface area (Å²) in [5.74, 6) is -17.7. The fourth-order valence-corrected chi connectivity index (χ4v) is 16.2. The molecule has 56 heteroatoms. The van der Waals surface area contributed by atoms with Gasteiger partial charge in [-0.3, -0.25) is 88.8 Å². The molecule has 0 bridgehead atoms. The van der Waals surface area contributed by atoms with Gasteiger partial charge in [-0.15, -0.1) is 0 Å². The minimum atomic E-state index is -1.68. The van der Waals surface area contributed by atoms with Crippen molar-refractivity contribution in [1.29, 1.82) is 21.6 Å². The summed E-state index contributed by atoms with van der Waals surface area (Å²) in [6, 6.07) is -1.24. The van der Waals surface area contributed by atoms with E-state index >= 15 is 38.4 Å². The maximum atomic E-state index is 15.5. The first-order chi connectivity index (χ1) is 70.4. The molecule has 0 radical (unpaired) electrons. The zero-order chi connectivity index (χ0) is 109. The second-order valence-corrected chi connectivity index (χ2v) is 35.8. The van der Waals surface area contributed by atoms with Crippen LogP contribution in [0, 0.1) is 21.6 Å². The van der Waals surface area contributed by atoms with Crippen LogP contribution in [0.15, 0.2) is 91.0 Å². The number of nitrogens with zero attached hydrogens (tertiary/aromatic N) is 1. The van der Waals surface area contributed by atoms with Crippen molar-refractivity contribution in [2.45, 2.75) is 233 Å². The van der Waals surface area contributed by atoms with Crippen LogP contribution in [0.1, 0.15) is 146 Å². The minimum absolute atomic E-state index is 0.0154. The van der Waals surface area contributed by atoms with Gasteiger partial charge in [0.25, 0.3) is 0 Å². The Bertz CT molecular complexity index is 5190. The van der Waals surface area contributed by atoms with Gasteiger partial charge in [-0.2, -0.15) is 25.3 Å². The molecule has 14 atom stereocenters. The number of nitrogens with one attached hydrogen (secondary N) is 24. The third-order valence-electron chi connectivity index (χ3n) is 23.3. The molecule has 43 N–H and O–H groups in total. The van der Waals surface area contributed by atoms with Gasteiger partial charge in [-0.1, -0.05) is 66.7 Å². The number of aliphatic carboxylic acids is 1. The number of urea groups is 3. The van der Waals surface area contributed by atoms with Gasteiger partial charge < -0.3 is 172 Å². The van der Waals surface area contributed by atoms with Crippen LogP contribution in [0.25, 0.3) is 10.8 Å². The third-order valence-corrected chi connectivity index (χ3v) is 24.0. The second-order valence-electron chi connectivity index (χ2n) is 35.0. The van der Waals surface area contributed by atoms with E-state index in [1.54, 1.807) is 24.3 Å². The summed E-state index contributed by atoms with van der Waals surface area (Å²) in [6.07, 6.45) is -1.94. The molecule has 54 nitrogen and oxygen atoms in total. The second kappa shape index (κ2) is 65.7. The van der Waals surface area contributed by atoms with E-state index < -0.39 is 209 Å². The van der Waals surface area contributed by atoms with Crippen LogP contribution in [0.3, 0.4) is 0 Å². The molecule has 0 spiro atoms. The van der Waals surface area contributed by atoms with Gasteiger partial charge >= 0.3 is 24.1 Å². The Morgan fingerprint density at radius 1 is 0.338 bits per heavy atom. The first-order valence-corrected chi connectivity index (χ1v) is 49.5. The summed E-state index contributed by atoms with van der Waals surface area (Å²) in [5, 5.41) is 114. The maximum Gasteiger partial charge on any atom is 0.326 e. The Morgan fingerprint density at radius 2 is 0.615 bits per heavy atom. The summed E-state index contributed by atoms with van der Waals surface area (Å²) in [6.45, 7) is 0.822. The standard InChI is InChI=1S/C92H143N33O21S2/c1-50(126)112-58(17-6-36-105-86(94)95)72(129)114-62(19-8-38-107-88(98)99)76(133)120-68(47-53-25-30-54-14-2-3-15-55(54)44-53)80(137)124-70(49-148)82(139)121-66(45-51-26-31-56(127)32-27-51)78(135)116-60(18-7-37-106-87(96)97)73(130)113-59(16-4-5-35-93)75(132)118-64(22-11-42-111-92(104)146)84(141)125-43-13-24-71(125)83(140)122-67(46-52-28-33-57(128)34-29-52)79(136)117-61(20-9-40-109-90(102)144)74(131)115-63(21-10-41-110-91(103)145)77(134)123-69(48-147)81(138)119-65(85(142)143)23-12-39-108-89(100)101/h2-3,14-15,25-34,44,58-71,127-128,147-148H,4-13,16-24,35-43,45-49,93H2,1H3,(H,112,126)(H,113,130)(H,114,129)(H,115,131)(H,116,135)(H,117,136)(H,118,132)(H,119,138)(H,120,133)(H,121,139)(H,122,140)(H,123,134)(H,124,137)(H,142,143)(H4,94,95,105)(H4,96,97,106)(H4,98,99,107)(H4,100,101,108)(H3,102,109,144)(H3,103,110,145)(H3,104,111,146)/t58-,59-,60-,61-,62-,63-,64+,65-,66-,67-,68-,69-,70-,71-/m0/s1. The minimum Gasteiger partial charge on any atom is -0.508 e. The van der Waals surface area contributed by atoms with Crippen molar-refractivity contribution in [2.75, 3.05) is 70.4 Å². The Kier molecular flexibility index (Phi) is 54.5. The predicted octanol–water partition coefficient (Wildman–Crippen LogP) is -6.94. The largest absolute Gasteiger partial charge is 0.508 e. The number of rotatable bonds is 67. The van der Waals surface area contributed by atoms with E-state index in [1.807, 2.05) is 18.2 Å². The fraction of sp³-hybridized carbons (Fsp3) is 0.522. The van der Waals surface area contributed by atoms with Gasteiger partial charge in [0.05, 0.1) is 0 Å². The molecule has 1 saturated heterocycles. The van der Waals surface area contributed by atoms with E-state index in [2.05, 4.69) is 132 Å². The highest BCUT2D eigenvalue weighted by Crippen LogP contribution is 2.24. The van der Waals surface area contributed by atoms with E-state index in [1.165, 1.54) is 55.5 Å². The maximum absolute atomic E-state index is 15.5. The number of hydrogen-bond acceptors (Lipinski definition) is 27. The number of guanidine groups is 4. The zero-order valence-electron chi connectivity index (χ0n) is 82.2. The molecule has 1 aliphatic heterocycles. The van der Waals surface area contributed by atoms with E-state index in [4.69, 9.17) is 67.5 Å². The highest BCUT2D eigenvalue weighted by atomic mass is 32.1. The quantitative estimate of drug-likeness (QED) is 0.00845. The Balaban J connectivity index is 1.50. The van der Waals surface area contributed by atoms with Gasteiger partial charge in [0, 0.05) is 90.0 Å². The van der Waals surface area contributed by atoms with Crippen molar-refractivity contribution in [2.24, 2.45) is 45.9 Å². The van der Waals surface area contributed by atoms with E-state index in [9.17, 15) is 63.3 Å². The Hall–Kier alpha value is -15.7. The molecule has 148 heavy (non-hydrogen) atoms. The Labute approximate surface area is 865 Å². The van der Waals surface area contributed by atoms with Crippen molar-refractivity contribution in [3.8, 4) is 11.5 Å². The number of primary amides is 3. The number of phenols is 2. The van der Waals surface area contributed by atoms with Crippen molar-refractivity contribution < 1.29 is 102 Å². The molecule has 1 heterocycles. The summed E-state index contributed by atoms with van der Waals surface area (Å²) in [5.41, 5.74) is 45.2. The van der Waals surface area contributed by atoms with Gasteiger partial charge in [0.2, 0.25) is 82.7 Å². The SMILES string of the molecule is CC(=O)N[C@@H](CCCNC(=N)N)C(=O)N[C@@H](CCCNC(=N)N)C(=O)N[C@@H](Cc1ccc2ccccc2c1)C(=O)N[C@@H](CS)C(=O)N[C@@H](Cc1ccc(O)cc1)C(=O)N[C@@H](CCCNC(=N)N)C(=O)N[C@@H](CCCCN)C(=O)N[C@H](CCCNC(N)=O)C(=O)N1CCC[C@H]1C(=O)N[C@@H](Cc1ccc(O)cc1)C(=O)N[C@@H](CCCNC(N)=O)C(=O)N[C@@H](CCCNC(N)=O)C(=O)N[C@@H](CS)C(=O)N[C@@H](CCCNC(=N)N)C(=O)O. The average Bonchev–Trinajstić information content (AvgIpc) is 1.59. The number of carbonyl (C=O) groups is 18. The van der Waals surface area contributed by atoms with Crippen LogP contribution >= 0.6 is 25.3 Å². The lowest BCUT2D eigenvalue weighted by Crippen LogP contribution is -2.61. The molecule has 1 fully saturated rings. The van der Waals surface area contributed by atoms with Crippen molar-refractivity contribution >= 4 is 167 Å². The van der Waals surface area contributed by atoms with Gasteiger partial charge in [0.1, 0.15) is 96.1 Å². The number of likely N-dealkylation sites (tertiary alicyclic amines) is 1. The molecule has 4 aromatic rings. The number of aromatic hydroxyl groups is 2. The van der Waals surface area contributed by atoms with Crippen molar-refractivity contribution in [1.82, 2.24) is 111 Å². The molecule has 0 unspecified atom stereocenters. The number of phenolic OH excluding ortho intramolecular Hbond substituents is 2. The average molecular weight is 2110 g/mol. The van der Waals surface area contributed by atoms with Crippen LogP contribution in [0.5, 0.6) is 11.5 Å². The van der Waals surface area contributed by atoms with Crippen LogP contribution in [0.2, 0.25) is 0 Å². The Morgan fingerprint density at radius 3 is 0.953 bits per heavy atom. The number of carbonyl (C=O) groups excluding carboxylic acids is 17. The van der Waals surface area contributed by atoms with E-state index in [0.29, 0.717) is 16.7 Å². The monoisotopic (exact) mass is 2110 g/mol. The van der Waals surface area contributed by atoms with Crippen molar-refractivity contribution in [3.05, 3.63) is 108 Å². The molecule has 5 rings (SSSR count). The molecule has 20 amide bonds. The number of carboxylic acids is 1. The van der Waals surface area contributed by atoms with Crippen LogP contribution in [0.4, 0.5) is 14.4 Å². The third kappa shape index (κ3) is 46.6. The van der Waals surface area contributed by atoms with Gasteiger partial charge in [-0.05, 0) is 180 Å². The lowest BCUT2D eigenvalue weighted by Gasteiger charge is -2.31. The molecule has 0 saturated carbocycles. The normalized spacial score (nSPS) is 14.6. The topological polar surface area (TPSA) is 915 Å². The highest BCUT2D eigenvalue weighted by molar-refractivity contribution is 7.80. The number of nitrogens with two attached hydrogens (primary N) is 8. The molecular weight excluding hydrogens is 1970 g/mol. The molecule has 0 aliphatic carbocycles. The number of carboxylic acid groups (broad SMARTS) is 1. The number of benzene rings is 4. The first-order valence-electron chi connectivity index (χ1n) is 48.2. The number of hydrogen-bond donors (Lipinski definition) is 37. The van der Waals surface area contributed by atoms with E-state index in [0.717, 1.165) is 15.7 Å².